The van der Waals surface area contributed by atoms with Crippen molar-refractivity contribution in [2.24, 2.45) is 4.99 Å². The minimum absolute atomic E-state index is 0.262. The summed E-state index contributed by atoms with van der Waals surface area (Å²) >= 11 is 0. The molecule has 8 heteroatoms. The van der Waals surface area contributed by atoms with Crippen LogP contribution < -0.4 is 29.7 Å². The molecule has 0 saturated carbocycles. The van der Waals surface area contributed by atoms with Crippen molar-refractivity contribution in [3.63, 3.8) is 0 Å². The van der Waals surface area contributed by atoms with Gasteiger partial charge in [0.25, 0.3) is 0 Å². The van der Waals surface area contributed by atoms with E-state index >= 15 is 0 Å². The van der Waals surface area contributed by atoms with Gasteiger partial charge in [-0.3, -0.25) is 4.99 Å². The molecule has 2 aromatic rings. The average Bonchev–Trinajstić information content (AvgIpc) is 3.24. The fourth-order valence-electron chi connectivity index (χ4n) is 3.37. The Morgan fingerprint density at radius 2 is 1.90 bits per heavy atom. The molecule has 1 aliphatic heterocycles. The fourth-order valence-corrected chi connectivity index (χ4v) is 3.37. The minimum atomic E-state index is -0.308. The molecule has 0 aliphatic carbocycles. The maximum absolute atomic E-state index is 13.2. The molecule has 0 spiro atoms. The van der Waals surface area contributed by atoms with Crippen molar-refractivity contribution in [3.8, 4) is 17.2 Å². The summed E-state index contributed by atoms with van der Waals surface area (Å²) in [6.07, 6.45) is 0.986. The van der Waals surface area contributed by atoms with Gasteiger partial charge in [0, 0.05) is 56.1 Å². The van der Waals surface area contributed by atoms with Gasteiger partial charge in [-0.05, 0) is 18.6 Å². The van der Waals surface area contributed by atoms with Crippen molar-refractivity contribution in [1.82, 2.24) is 10.6 Å². The van der Waals surface area contributed by atoms with Crippen LogP contribution in [0.4, 0.5) is 10.1 Å². The van der Waals surface area contributed by atoms with Crippen LogP contribution in [0.1, 0.15) is 6.42 Å². The summed E-state index contributed by atoms with van der Waals surface area (Å²) in [7, 11) is 5.05. The van der Waals surface area contributed by atoms with Crippen LogP contribution >= 0.6 is 0 Å². The number of halogens is 1. The summed E-state index contributed by atoms with van der Waals surface area (Å²) in [6, 6.07) is 12.3. The molecule has 162 valence electrons. The second-order valence-electron chi connectivity index (χ2n) is 6.95. The highest BCUT2D eigenvalue weighted by atomic mass is 19.1. The van der Waals surface area contributed by atoms with E-state index in [0.29, 0.717) is 24.9 Å². The van der Waals surface area contributed by atoms with Crippen molar-refractivity contribution in [2.75, 3.05) is 52.4 Å². The van der Waals surface area contributed by atoms with Gasteiger partial charge in [-0.15, -0.1) is 0 Å². The number of benzene rings is 2. The van der Waals surface area contributed by atoms with Crippen LogP contribution in [0.2, 0.25) is 0 Å². The predicted molar refractivity (Wildman–Crippen MR) is 117 cm³/mol. The number of rotatable bonds is 8. The molecular weight excluding hydrogens is 387 g/mol. The van der Waals surface area contributed by atoms with E-state index in [1.807, 2.05) is 18.2 Å². The van der Waals surface area contributed by atoms with Crippen LogP contribution in [0, 0.1) is 5.82 Å². The lowest BCUT2D eigenvalue weighted by atomic mass is 10.2. The molecule has 0 bridgehead atoms. The van der Waals surface area contributed by atoms with E-state index in [9.17, 15) is 4.39 Å². The van der Waals surface area contributed by atoms with Crippen molar-refractivity contribution in [1.29, 1.82) is 0 Å². The van der Waals surface area contributed by atoms with Crippen molar-refractivity contribution >= 4 is 11.6 Å². The number of ether oxygens (including phenoxy) is 3. The maximum Gasteiger partial charge on any atom is 0.191 e. The third-order valence-corrected chi connectivity index (χ3v) is 4.91. The second kappa shape index (κ2) is 10.6. The van der Waals surface area contributed by atoms with E-state index in [4.69, 9.17) is 14.2 Å². The van der Waals surface area contributed by atoms with Crippen LogP contribution in [-0.4, -0.2) is 59.5 Å². The lowest BCUT2D eigenvalue weighted by molar-refractivity contribution is 0.320. The molecule has 1 atom stereocenters. The molecule has 3 rings (SSSR count). The molecule has 0 aromatic heterocycles. The van der Waals surface area contributed by atoms with Crippen LogP contribution in [0.3, 0.4) is 0 Å². The number of aliphatic imine (C=N–C) groups is 1. The summed E-state index contributed by atoms with van der Waals surface area (Å²) in [6.45, 7) is 2.73. The molecule has 2 aromatic carbocycles. The van der Waals surface area contributed by atoms with Gasteiger partial charge in [0.1, 0.15) is 29.7 Å². The van der Waals surface area contributed by atoms with Crippen molar-refractivity contribution < 1.29 is 18.6 Å². The Morgan fingerprint density at radius 3 is 2.57 bits per heavy atom. The second-order valence-corrected chi connectivity index (χ2v) is 6.95. The zero-order chi connectivity index (χ0) is 21.3. The third-order valence-electron chi connectivity index (χ3n) is 4.91. The zero-order valence-electron chi connectivity index (χ0n) is 17.7. The molecule has 1 unspecified atom stereocenters. The Kier molecular flexibility index (Phi) is 7.59. The molecule has 1 aliphatic rings. The van der Waals surface area contributed by atoms with E-state index in [1.165, 1.54) is 12.1 Å². The van der Waals surface area contributed by atoms with Gasteiger partial charge in [0.15, 0.2) is 5.96 Å². The van der Waals surface area contributed by atoms with Gasteiger partial charge in [0.2, 0.25) is 0 Å². The molecule has 2 N–H and O–H groups in total. The molecule has 0 amide bonds. The zero-order valence-corrected chi connectivity index (χ0v) is 17.7. The molecule has 7 nitrogen and oxygen atoms in total. The highest BCUT2D eigenvalue weighted by molar-refractivity contribution is 5.80. The maximum atomic E-state index is 13.2. The van der Waals surface area contributed by atoms with Gasteiger partial charge in [0.05, 0.1) is 20.8 Å². The Labute approximate surface area is 176 Å². The number of anilines is 1. The molecule has 1 fully saturated rings. The summed E-state index contributed by atoms with van der Waals surface area (Å²) in [5.74, 6) is 2.47. The number of nitrogens with zero attached hydrogens (tertiary/aromatic N) is 2. The van der Waals surface area contributed by atoms with E-state index < -0.39 is 0 Å². The molecule has 30 heavy (non-hydrogen) atoms. The van der Waals surface area contributed by atoms with E-state index in [0.717, 1.165) is 36.7 Å². The quantitative estimate of drug-likeness (QED) is 0.392. The summed E-state index contributed by atoms with van der Waals surface area (Å²) in [5.41, 5.74) is 1.07. The molecular formula is C22H29FN4O3. The highest BCUT2D eigenvalue weighted by Gasteiger charge is 2.24. The van der Waals surface area contributed by atoms with E-state index in [2.05, 4.69) is 20.5 Å². The van der Waals surface area contributed by atoms with Gasteiger partial charge in [-0.2, -0.15) is 0 Å². The topological polar surface area (TPSA) is 67.4 Å². The smallest absolute Gasteiger partial charge is 0.191 e. The predicted octanol–water partition coefficient (Wildman–Crippen LogP) is 2.67. The van der Waals surface area contributed by atoms with E-state index in [-0.39, 0.29) is 11.9 Å². The highest BCUT2D eigenvalue weighted by Crippen LogP contribution is 2.30. The number of hydrogen-bond acceptors (Lipinski definition) is 5. The van der Waals surface area contributed by atoms with Gasteiger partial charge >= 0.3 is 0 Å². The summed E-state index contributed by atoms with van der Waals surface area (Å²) in [5, 5.41) is 6.68. The van der Waals surface area contributed by atoms with Crippen LogP contribution in [0.15, 0.2) is 47.5 Å². The van der Waals surface area contributed by atoms with Crippen molar-refractivity contribution in [3.05, 3.63) is 48.3 Å². The molecule has 0 radical (unpaired) electrons. The normalized spacial score (nSPS) is 16.3. The molecule has 1 saturated heterocycles. The first kappa shape index (κ1) is 21.5. The minimum Gasteiger partial charge on any atom is -0.497 e. The first-order valence-corrected chi connectivity index (χ1v) is 9.95. The first-order chi connectivity index (χ1) is 14.6. The Balaban J connectivity index is 1.46. The number of methoxy groups -OCH3 is 2. The van der Waals surface area contributed by atoms with Gasteiger partial charge in [-0.1, -0.05) is 6.07 Å². The summed E-state index contributed by atoms with van der Waals surface area (Å²) in [4.78, 5) is 6.58. The number of nitrogens with one attached hydrogen (secondary N) is 2. The Hall–Kier alpha value is -3.16. The SMILES string of the molecule is CN=C(NCCOc1cccc(F)c1)NC1CCN(c2cc(OC)cc(OC)c2)C1. The number of guanidine groups is 1. The van der Waals surface area contributed by atoms with Gasteiger partial charge < -0.3 is 29.7 Å². The molecule has 1 heterocycles. The van der Waals surface area contributed by atoms with Crippen LogP contribution in [-0.2, 0) is 0 Å². The van der Waals surface area contributed by atoms with E-state index in [1.54, 1.807) is 33.4 Å². The summed E-state index contributed by atoms with van der Waals surface area (Å²) < 4.78 is 29.5. The van der Waals surface area contributed by atoms with Crippen LogP contribution in [0.25, 0.3) is 0 Å². The van der Waals surface area contributed by atoms with Crippen molar-refractivity contribution in [2.45, 2.75) is 12.5 Å². The lowest BCUT2D eigenvalue weighted by Gasteiger charge is -2.21. The monoisotopic (exact) mass is 416 g/mol. The average molecular weight is 416 g/mol. The Bertz CT molecular complexity index is 840. The third kappa shape index (κ3) is 5.92. The lowest BCUT2D eigenvalue weighted by Crippen LogP contribution is -2.45. The number of hydrogen-bond donors (Lipinski definition) is 2. The standard InChI is InChI=1S/C22H29FN4O3/c1-24-22(25-8-10-30-19-6-4-5-16(23)11-19)26-17-7-9-27(15-17)18-12-20(28-2)14-21(13-18)29-3/h4-6,11-14,17H,7-10,15H2,1-3H3,(H2,24,25,26). The first-order valence-electron chi connectivity index (χ1n) is 9.95. The fraction of sp³-hybridized carbons (Fsp3) is 0.409. The van der Waals surface area contributed by atoms with Gasteiger partial charge in [-0.25, -0.2) is 4.39 Å². The van der Waals surface area contributed by atoms with Crippen LogP contribution in [0.5, 0.6) is 17.2 Å². The largest absolute Gasteiger partial charge is 0.497 e. The Morgan fingerprint density at radius 1 is 1.13 bits per heavy atom.